The summed E-state index contributed by atoms with van der Waals surface area (Å²) in [5, 5.41) is 0. The lowest BCUT2D eigenvalue weighted by atomic mass is 10.2. The largest absolute Gasteiger partial charge is 0.495 e. The maximum absolute atomic E-state index is 13.2. The Labute approximate surface area is 199 Å². The van der Waals surface area contributed by atoms with Crippen molar-refractivity contribution in [3.63, 3.8) is 0 Å². The van der Waals surface area contributed by atoms with Crippen molar-refractivity contribution in [2.75, 3.05) is 44.7 Å². The van der Waals surface area contributed by atoms with Crippen molar-refractivity contribution < 1.29 is 23.2 Å². The summed E-state index contributed by atoms with van der Waals surface area (Å²) in [4.78, 5) is 32.0. The van der Waals surface area contributed by atoms with Crippen LogP contribution in [-0.4, -0.2) is 61.4 Å². The van der Waals surface area contributed by atoms with Gasteiger partial charge in [0, 0.05) is 39.1 Å². The summed E-state index contributed by atoms with van der Waals surface area (Å²) >= 11 is 0. The molecule has 0 N–H and O–H groups in total. The third-order valence-corrected chi connectivity index (χ3v) is 6.14. The van der Waals surface area contributed by atoms with E-state index < -0.39 is 0 Å². The topological polar surface area (TPSA) is 79.4 Å². The van der Waals surface area contributed by atoms with E-state index >= 15 is 0 Å². The number of ether oxygens (including phenoxy) is 1. The van der Waals surface area contributed by atoms with Gasteiger partial charge in [0.1, 0.15) is 23.0 Å². The second-order valence-electron chi connectivity index (χ2n) is 8.42. The lowest BCUT2D eigenvalue weighted by Gasteiger charge is -2.37. The highest BCUT2D eigenvalue weighted by Gasteiger charge is 2.26. The maximum atomic E-state index is 13.2. The predicted molar refractivity (Wildman–Crippen MR) is 128 cm³/mol. The Hall–Kier alpha value is -3.68. The number of nitrogens with zero attached hydrogens (tertiary/aromatic N) is 3. The fourth-order valence-corrected chi connectivity index (χ4v) is 4.33. The number of benzene rings is 1. The van der Waals surface area contributed by atoms with Crippen molar-refractivity contribution in [3.05, 3.63) is 71.6 Å². The standard InChI is InChI=1S/C26H31N3O5/c1-19-17-22(20(2)34-19)26(31)29(18-21-7-6-16-33-21)11-10-25(30)28-14-12-27(13-15-28)23-8-4-5-9-24(23)32-3/h4-9,16-17H,10-15,18H2,1-3H3. The smallest absolute Gasteiger partial charge is 0.257 e. The molecule has 1 aromatic carbocycles. The zero-order chi connectivity index (χ0) is 24.1. The summed E-state index contributed by atoms with van der Waals surface area (Å²) in [5.41, 5.74) is 1.56. The molecule has 0 spiro atoms. The first kappa shape index (κ1) is 23.5. The number of hydrogen-bond acceptors (Lipinski definition) is 6. The highest BCUT2D eigenvalue weighted by molar-refractivity contribution is 5.95. The summed E-state index contributed by atoms with van der Waals surface area (Å²) in [6.07, 6.45) is 1.83. The van der Waals surface area contributed by atoms with Crippen LogP contribution in [-0.2, 0) is 11.3 Å². The SMILES string of the molecule is COc1ccccc1N1CCN(C(=O)CCN(Cc2ccco2)C(=O)c2cc(C)oc2C)CC1. The lowest BCUT2D eigenvalue weighted by Crippen LogP contribution is -2.49. The molecule has 8 heteroatoms. The number of anilines is 1. The van der Waals surface area contributed by atoms with Gasteiger partial charge in [-0.1, -0.05) is 12.1 Å². The Kier molecular flexibility index (Phi) is 7.25. The van der Waals surface area contributed by atoms with Gasteiger partial charge in [0.15, 0.2) is 0 Å². The van der Waals surface area contributed by atoms with E-state index in [-0.39, 0.29) is 18.2 Å². The van der Waals surface area contributed by atoms with E-state index in [1.807, 2.05) is 42.2 Å². The van der Waals surface area contributed by atoms with Gasteiger partial charge in [0.05, 0.1) is 31.2 Å². The Bertz CT molecular complexity index is 1110. The number of aryl methyl sites for hydroxylation is 2. The number of piperazine rings is 1. The highest BCUT2D eigenvalue weighted by atomic mass is 16.5. The summed E-state index contributed by atoms with van der Waals surface area (Å²) < 4.78 is 16.5. The first-order chi connectivity index (χ1) is 16.5. The minimum Gasteiger partial charge on any atom is -0.495 e. The summed E-state index contributed by atoms with van der Waals surface area (Å²) in [5.74, 6) is 2.63. The fourth-order valence-electron chi connectivity index (χ4n) is 4.33. The van der Waals surface area contributed by atoms with Crippen molar-refractivity contribution in [1.82, 2.24) is 9.80 Å². The minimum absolute atomic E-state index is 0.0389. The van der Waals surface area contributed by atoms with Crippen LogP contribution in [0.2, 0.25) is 0 Å². The molecule has 3 heterocycles. The molecule has 0 atom stereocenters. The van der Waals surface area contributed by atoms with Gasteiger partial charge in [0.25, 0.3) is 5.91 Å². The van der Waals surface area contributed by atoms with Crippen LogP contribution in [0.15, 0.2) is 57.6 Å². The van der Waals surface area contributed by atoms with Crippen LogP contribution >= 0.6 is 0 Å². The number of methoxy groups -OCH3 is 1. The van der Waals surface area contributed by atoms with Gasteiger partial charge in [-0.05, 0) is 44.2 Å². The molecule has 4 rings (SSSR count). The first-order valence-corrected chi connectivity index (χ1v) is 11.5. The monoisotopic (exact) mass is 465 g/mol. The van der Waals surface area contributed by atoms with E-state index in [0.29, 0.717) is 49.0 Å². The quantitative estimate of drug-likeness (QED) is 0.502. The van der Waals surface area contributed by atoms with Crippen molar-refractivity contribution in [1.29, 1.82) is 0 Å². The van der Waals surface area contributed by atoms with Crippen LogP contribution in [0.25, 0.3) is 0 Å². The predicted octanol–water partition coefficient (Wildman–Crippen LogP) is 3.88. The second-order valence-corrected chi connectivity index (χ2v) is 8.42. The van der Waals surface area contributed by atoms with E-state index in [4.69, 9.17) is 13.6 Å². The molecular formula is C26H31N3O5. The normalized spacial score (nSPS) is 13.7. The summed E-state index contributed by atoms with van der Waals surface area (Å²) in [7, 11) is 1.67. The molecule has 34 heavy (non-hydrogen) atoms. The minimum atomic E-state index is -0.167. The molecule has 0 saturated carbocycles. The molecule has 180 valence electrons. The molecular weight excluding hydrogens is 434 g/mol. The molecule has 0 radical (unpaired) electrons. The molecule has 0 unspecified atom stereocenters. The van der Waals surface area contributed by atoms with E-state index in [1.165, 1.54) is 0 Å². The van der Waals surface area contributed by atoms with E-state index in [2.05, 4.69) is 4.90 Å². The maximum Gasteiger partial charge on any atom is 0.257 e. The molecule has 0 bridgehead atoms. The fraction of sp³-hybridized carbons (Fsp3) is 0.385. The van der Waals surface area contributed by atoms with Crippen molar-refractivity contribution in [3.8, 4) is 5.75 Å². The average Bonchev–Trinajstić information content (AvgIpc) is 3.49. The number of furan rings is 2. The van der Waals surface area contributed by atoms with Gasteiger partial charge in [-0.15, -0.1) is 0 Å². The van der Waals surface area contributed by atoms with Crippen LogP contribution < -0.4 is 9.64 Å². The second kappa shape index (κ2) is 10.5. The molecule has 1 aliphatic rings. The summed E-state index contributed by atoms with van der Waals surface area (Å²) in [6.45, 7) is 6.90. The molecule has 2 aromatic heterocycles. The summed E-state index contributed by atoms with van der Waals surface area (Å²) in [6, 6.07) is 13.3. The number of para-hydroxylation sites is 2. The van der Waals surface area contributed by atoms with Gasteiger partial charge in [0.2, 0.25) is 5.91 Å². The number of rotatable bonds is 8. The van der Waals surface area contributed by atoms with Crippen LogP contribution in [0.4, 0.5) is 5.69 Å². The van der Waals surface area contributed by atoms with Crippen LogP contribution in [0.3, 0.4) is 0 Å². The van der Waals surface area contributed by atoms with E-state index in [9.17, 15) is 9.59 Å². The van der Waals surface area contributed by atoms with Crippen molar-refractivity contribution in [2.45, 2.75) is 26.8 Å². The zero-order valence-electron chi connectivity index (χ0n) is 20.0. The highest BCUT2D eigenvalue weighted by Crippen LogP contribution is 2.28. The van der Waals surface area contributed by atoms with Gasteiger partial charge in [-0.2, -0.15) is 0 Å². The zero-order valence-corrected chi connectivity index (χ0v) is 20.0. The molecule has 0 aliphatic carbocycles. The molecule has 2 amide bonds. The first-order valence-electron chi connectivity index (χ1n) is 11.5. The van der Waals surface area contributed by atoms with Gasteiger partial charge in [-0.3, -0.25) is 9.59 Å². The molecule has 1 fully saturated rings. The number of amides is 2. The Balaban J connectivity index is 1.37. The van der Waals surface area contributed by atoms with Gasteiger partial charge in [-0.25, -0.2) is 0 Å². The van der Waals surface area contributed by atoms with Gasteiger partial charge >= 0.3 is 0 Å². The average molecular weight is 466 g/mol. The Morgan fingerprint density at radius 3 is 2.47 bits per heavy atom. The Morgan fingerprint density at radius 2 is 1.82 bits per heavy atom. The van der Waals surface area contributed by atoms with Crippen LogP contribution in [0.5, 0.6) is 5.75 Å². The Morgan fingerprint density at radius 1 is 1.06 bits per heavy atom. The van der Waals surface area contributed by atoms with Crippen molar-refractivity contribution in [2.24, 2.45) is 0 Å². The van der Waals surface area contributed by atoms with Crippen LogP contribution in [0, 0.1) is 13.8 Å². The van der Waals surface area contributed by atoms with Crippen molar-refractivity contribution >= 4 is 17.5 Å². The van der Waals surface area contributed by atoms with E-state index in [1.54, 1.807) is 37.3 Å². The molecule has 3 aromatic rings. The lowest BCUT2D eigenvalue weighted by molar-refractivity contribution is -0.131. The number of carbonyl (C=O) groups excluding carboxylic acids is 2. The number of hydrogen-bond donors (Lipinski definition) is 0. The third kappa shape index (κ3) is 5.27. The van der Waals surface area contributed by atoms with E-state index in [0.717, 1.165) is 24.5 Å². The van der Waals surface area contributed by atoms with Crippen LogP contribution in [0.1, 0.15) is 34.1 Å². The number of carbonyl (C=O) groups is 2. The third-order valence-electron chi connectivity index (χ3n) is 6.14. The molecule has 1 saturated heterocycles. The van der Waals surface area contributed by atoms with Gasteiger partial charge < -0.3 is 28.3 Å². The molecule has 8 nitrogen and oxygen atoms in total. The molecule has 1 aliphatic heterocycles.